The van der Waals surface area contributed by atoms with Crippen molar-refractivity contribution in [2.75, 3.05) is 26.2 Å². The highest BCUT2D eigenvalue weighted by molar-refractivity contribution is 5.84. The zero-order chi connectivity index (χ0) is 10.3. The number of hydrogen-bond acceptors (Lipinski definition) is 2. The highest BCUT2D eigenvalue weighted by atomic mass is 16.2. The number of nitrogens with one attached hydrogen (secondary N) is 1. The van der Waals surface area contributed by atoms with Gasteiger partial charge in [0.1, 0.15) is 0 Å². The topological polar surface area (TPSA) is 32.3 Å². The Morgan fingerprint density at radius 3 is 2.87 bits per heavy atom. The van der Waals surface area contributed by atoms with E-state index in [1.807, 2.05) is 0 Å². The van der Waals surface area contributed by atoms with Crippen molar-refractivity contribution in [1.29, 1.82) is 0 Å². The normalized spacial score (nSPS) is 39.7. The molecule has 3 heteroatoms. The average molecular weight is 208 g/mol. The molecule has 0 aromatic rings. The molecule has 1 amide bonds. The standard InChI is InChI=1S/C12H20N2O/c15-11(14-6-1-2-7-14)12-5-3-4-10(12)8-13-9-12/h10,13H,1-9H2/t10-,12-/m1/s1. The number of fused-ring (bicyclic) bond motifs is 1. The molecule has 0 spiro atoms. The third kappa shape index (κ3) is 1.32. The Hall–Kier alpha value is -0.570. The first-order chi connectivity index (χ1) is 7.33. The first-order valence-corrected chi connectivity index (χ1v) is 6.33. The van der Waals surface area contributed by atoms with Gasteiger partial charge in [0.25, 0.3) is 0 Å². The molecule has 2 aliphatic heterocycles. The van der Waals surface area contributed by atoms with E-state index in [0.717, 1.165) is 32.6 Å². The van der Waals surface area contributed by atoms with Crippen LogP contribution in [0.3, 0.4) is 0 Å². The molecule has 3 rings (SSSR count). The summed E-state index contributed by atoms with van der Waals surface area (Å²) in [7, 11) is 0. The maximum Gasteiger partial charge on any atom is 0.230 e. The molecule has 15 heavy (non-hydrogen) atoms. The number of hydrogen-bond donors (Lipinski definition) is 1. The lowest BCUT2D eigenvalue weighted by Gasteiger charge is -2.31. The second-order valence-electron chi connectivity index (χ2n) is 5.38. The molecule has 3 fully saturated rings. The van der Waals surface area contributed by atoms with Crippen molar-refractivity contribution in [2.45, 2.75) is 32.1 Å². The molecule has 0 unspecified atom stereocenters. The number of nitrogens with zero attached hydrogens (tertiary/aromatic N) is 1. The molecule has 2 atom stereocenters. The largest absolute Gasteiger partial charge is 0.342 e. The third-order valence-electron chi connectivity index (χ3n) is 4.61. The summed E-state index contributed by atoms with van der Waals surface area (Å²) in [5.41, 5.74) is 0.00431. The van der Waals surface area contributed by atoms with Crippen molar-refractivity contribution in [3.05, 3.63) is 0 Å². The minimum absolute atomic E-state index is 0.00431. The Bertz CT molecular complexity index is 261. The maximum atomic E-state index is 12.5. The number of carbonyl (C=O) groups excluding carboxylic acids is 1. The predicted molar refractivity (Wildman–Crippen MR) is 58.5 cm³/mol. The van der Waals surface area contributed by atoms with Crippen LogP contribution in [0.25, 0.3) is 0 Å². The SMILES string of the molecule is O=C(N1CCCC1)[C@@]12CCC[C@@H]1CNC2. The zero-order valence-electron chi connectivity index (χ0n) is 9.30. The first kappa shape index (κ1) is 9.64. The summed E-state index contributed by atoms with van der Waals surface area (Å²) in [6.45, 7) is 4.02. The van der Waals surface area contributed by atoms with Gasteiger partial charge in [0.2, 0.25) is 5.91 Å². The Kier molecular flexibility index (Phi) is 2.23. The smallest absolute Gasteiger partial charge is 0.230 e. The maximum absolute atomic E-state index is 12.5. The molecule has 1 N–H and O–H groups in total. The van der Waals surface area contributed by atoms with Crippen LogP contribution in [0.1, 0.15) is 32.1 Å². The summed E-state index contributed by atoms with van der Waals surface area (Å²) in [6, 6.07) is 0. The number of likely N-dealkylation sites (tertiary alicyclic amines) is 1. The second-order valence-corrected chi connectivity index (χ2v) is 5.38. The van der Waals surface area contributed by atoms with Crippen molar-refractivity contribution < 1.29 is 4.79 Å². The molecular formula is C12H20N2O. The van der Waals surface area contributed by atoms with Gasteiger partial charge in [-0.3, -0.25) is 4.79 Å². The highest BCUT2D eigenvalue weighted by Gasteiger charge is 2.53. The summed E-state index contributed by atoms with van der Waals surface area (Å²) >= 11 is 0. The highest BCUT2D eigenvalue weighted by Crippen LogP contribution is 2.47. The van der Waals surface area contributed by atoms with Crippen molar-refractivity contribution in [3.8, 4) is 0 Å². The molecule has 3 aliphatic rings. The Balaban J connectivity index is 1.81. The Morgan fingerprint density at radius 2 is 2.07 bits per heavy atom. The van der Waals surface area contributed by atoms with Crippen LogP contribution in [-0.2, 0) is 4.79 Å². The molecule has 0 radical (unpaired) electrons. The number of amides is 1. The summed E-state index contributed by atoms with van der Waals surface area (Å²) in [5.74, 6) is 1.10. The van der Waals surface area contributed by atoms with Crippen LogP contribution in [0, 0.1) is 11.3 Å². The van der Waals surface area contributed by atoms with Gasteiger partial charge in [-0.2, -0.15) is 0 Å². The zero-order valence-corrected chi connectivity index (χ0v) is 9.30. The van der Waals surface area contributed by atoms with Gasteiger partial charge >= 0.3 is 0 Å². The summed E-state index contributed by atoms with van der Waals surface area (Å²) < 4.78 is 0. The lowest BCUT2D eigenvalue weighted by molar-refractivity contribution is -0.141. The van der Waals surface area contributed by atoms with Crippen molar-refractivity contribution in [3.63, 3.8) is 0 Å². The van der Waals surface area contributed by atoms with E-state index in [-0.39, 0.29) is 5.41 Å². The first-order valence-electron chi connectivity index (χ1n) is 6.33. The van der Waals surface area contributed by atoms with Gasteiger partial charge in [0, 0.05) is 19.6 Å². The van der Waals surface area contributed by atoms with Crippen molar-refractivity contribution >= 4 is 5.91 Å². The lowest BCUT2D eigenvalue weighted by atomic mass is 9.79. The van der Waals surface area contributed by atoms with E-state index in [4.69, 9.17) is 0 Å². The van der Waals surface area contributed by atoms with Crippen LogP contribution in [0.4, 0.5) is 0 Å². The molecule has 84 valence electrons. The third-order valence-corrected chi connectivity index (χ3v) is 4.61. The van der Waals surface area contributed by atoms with Gasteiger partial charge in [-0.1, -0.05) is 6.42 Å². The molecular weight excluding hydrogens is 188 g/mol. The van der Waals surface area contributed by atoms with E-state index in [0.29, 0.717) is 11.8 Å². The van der Waals surface area contributed by atoms with E-state index in [1.165, 1.54) is 25.7 Å². The molecule has 0 aromatic heterocycles. The van der Waals surface area contributed by atoms with Gasteiger partial charge in [0.15, 0.2) is 0 Å². The number of rotatable bonds is 1. The van der Waals surface area contributed by atoms with Crippen LogP contribution >= 0.6 is 0 Å². The van der Waals surface area contributed by atoms with Gasteiger partial charge in [-0.05, 0) is 38.1 Å². The second kappa shape index (κ2) is 3.48. The minimum Gasteiger partial charge on any atom is -0.342 e. The van der Waals surface area contributed by atoms with Crippen LogP contribution in [0.5, 0.6) is 0 Å². The molecule has 0 aromatic carbocycles. The van der Waals surface area contributed by atoms with Crippen LogP contribution in [0.15, 0.2) is 0 Å². The Labute approximate surface area is 91.2 Å². The predicted octanol–water partition coefficient (Wildman–Crippen LogP) is 0.998. The fourth-order valence-corrected chi connectivity index (χ4v) is 3.74. The van der Waals surface area contributed by atoms with E-state index in [2.05, 4.69) is 10.2 Å². The van der Waals surface area contributed by atoms with E-state index in [9.17, 15) is 4.79 Å². The van der Waals surface area contributed by atoms with Gasteiger partial charge in [-0.25, -0.2) is 0 Å². The van der Waals surface area contributed by atoms with Crippen LogP contribution in [0.2, 0.25) is 0 Å². The summed E-state index contributed by atoms with van der Waals surface area (Å²) in [6.07, 6.45) is 6.05. The molecule has 3 nitrogen and oxygen atoms in total. The molecule has 1 saturated carbocycles. The fraction of sp³-hybridized carbons (Fsp3) is 0.917. The summed E-state index contributed by atoms with van der Waals surface area (Å²) in [4.78, 5) is 14.7. The quantitative estimate of drug-likeness (QED) is 0.697. The minimum atomic E-state index is 0.00431. The van der Waals surface area contributed by atoms with Crippen LogP contribution in [-0.4, -0.2) is 37.0 Å². The van der Waals surface area contributed by atoms with E-state index >= 15 is 0 Å². The van der Waals surface area contributed by atoms with E-state index < -0.39 is 0 Å². The average Bonchev–Trinajstić information content (AvgIpc) is 2.93. The number of carbonyl (C=O) groups is 1. The molecule has 1 aliphatic carbocycles. The van der Waals surface area contributed by atoms with Gasteiger partial charge in [-0.15, -0.1) is 0 Å². The Morgan fingerprint density at radius 1 is 1.27 bits per heavy atom. The summed E-state index contributed by atoms with van der Waals surface area (Å²) in [5, 5.41) is 3.42. The van der Waals surface area contributed by atoms with Crippen molar-refractivity contribution in [1.82, 2.24) is 10.2 Å². The van der Waals surface area contributed by atoms with Crippen molar-refractivity contribution in [2.24, 2.45) is 11.3 Å². The van der Waals surface area contributed by atoms with Gasteiger partial charge in [0.05, 0.1) is 5.41 Å². The fourth-order valence-electron chi connectivity index (χ4n) is 3.74. The molecule has 0 bridgehead atoms. The molecule has 2 saturated heterocycles. The van der Waals surface area contributed by atoms with Crippen LogP contribution < -0.4 is 5.32 Å². The monoisotopic (exact) mass is 208 g/mol. The molecule has 2 heterocycles. The van der Waals surface area contributed by atoms with Gasteiger partial charge < -0.3 is 10.2 Å². The van der Waals surface area contributed by atoms with E-state index in [1.54, 1.807) is 0 Å². The lowest BCUT2D eigenvalue weighted by Crippen LogP contribution is -2.45.